The maximum absolute atomic E-state index is 15.1. The van der Waals surface area contributed by atoms with Crippen LogP contribution in [0.25, 0.3) is 20.7 Å². The standard InChI is InChI=1S/C44H41ClN4O7S/c1-23-31-20-26(45)8-15-35(31)57-39(23)34-22-36(47(3)46-34)49-41(53)33-21-32-29(38(44(33,2)43(49)55)25-6-11-28(12-7-25)56-19-18-50)13-14-30-37(32)42(54)48(40(30)52)17-16-24-4-9-27(51)10-5-24/h4-13,15,20,22,30,32-33,37-38,50-51H,14,16-19,21H2,1-3H3/t30-,32+,33-,37-,38-,44+/m0/s1. The fourth-order valence-corrected chi connectivity index (χ4v) is 11.3. The number of anilines is 1. The highest BCUT2D eigenvalue weighted by Crippen LogP contribution is 2.63. The molecule has 2 aromatic heterocycles. The Balaban J connectivity index is 1.09. The van der Waals surface area contributed by atoms with E-state index in [1.54, 1.807) is 65.5 Å². The maximum atomic E-state index is 15.1. The van der Waals surface area contributed by atoms with Gasteiger partial charge in [0.05, 0.1) is 34.7 Å². The number of thiophene rings is 1. The molecule has 0 spiro atoms. The number of aliphatic hydroxyl groups excluding tert-OH is 1. The smallest absolute Gasteiger partial charge is 0.242 e. The number of phenolic OH excluding ortho intramolecular Hbond substituents is 1. The van der Waals surface area contributed by atoms with Crippen LogP contribution >= 0.6 is 22.9 Å². The number of phenols is 1. The van der Waals surface area contributed by atoms with E-state index in [0.717, 1.165) is 37.2 Å². The Morgan fingerprint density at radius 2 is 1.72 bits per heavy atom. The van der Waals surface area contributed by atoms with E-state index in [2.05, 4.69) is 0 Å². The quantitative estimate of drug-likeness (QED) is 0.122. The number of benzene rings is 3. The number of carbonyl (C=O) groups excluding carboxylic acids is 4. The lowest BCUT2D eigenvalue weighted by molar-refractivity contribution is -0.140. The van der Waals surface area contributed by atoms with E-state index in [1.165, 1.54) is 9.80 Å². The number of aliphatic hydroxyl groups is 1. The number of allylic oxidation sites excluding steroid dienone is 2. The molecule has 11 nitrogen and oxygen atoms in total. The first-order valence-corrected chi connectivity index (χ1v) is 20.4. The molecule has 13 heteroatoms. The zero-order chi connectivity index (χ0) is 39.9. The molecule has 9 rings (SSSR count). The third kappa shape index (κ3) is 5.82. The van der Waals surface area contributed by atoms with Gasteiger partial charge < -0.3 is 14.9 Å². The SMILES string of the molecule is Cc1c(-c2cc(N3C(=O)[C@@H]4C[C@@H]5C(=CC[C@@H]6C(=O)N(CCc7ccc(O)cc7)C(=O)[C@@H]65)[C@H](c5ccc(OCCO)cc5)[C@]4(C)C3=O)n(C)n2)sc2ccc(Cl)cc12. The number of aryl methyl sites for hydroxylation is 2. The van der Waals surface area contributed by atoms with Crippen molar-refractivity contribution < 1.29 is 34.1 Å². The van der Waals surface area contributed by atoms with Gasteiger partial charge in [0.25, 0.3) is 0 Å². The molecule has 6 atom stereocenters. The molecule has 1 saturated carbocycles. The number of nitrogens with zero attached hydrogens (tertiary/aromatic N) is 4. The van der Waals surface area contributed by atoms with Crippen molar-refractivity contribution in [2.75, 3.05) is 24.7 Å². The molecule has 4 amide bonds. The molecule has 2 N–H and O–H groups in total. The van der Waals surface area contributed by atoms with E-state index in [-0.39, 0.29) is 55.6 Å². The van der Waals surface area contributed by atoms with Gasteiger partial charge in [0.2, 0.25) is 23.6 Å². The van der Waals surface area contributed by atoms with Crippen molar-refractivity contribution in [3.8, 4) is 22.1 Å². The Labute approximate surface area is 338 Å². The van der Waals surface area contributed by atoms with Crippen molar-refractivity contribution in [2.24, 2.45) is 36.1 Å². The van der Waals surface area contributed by atoms with Gasteiger partial charge in [0.15, 0.2) is 0 Å². The molecule has 2 aliphatic heterocycles. The summed E-state index contributed by atoms with van der Waals surface area (Å²) >= 11 is 7.90. The zero-order valence-electron chi connectivity index (χ0n) is 31.6. The van der Waals surface area contributed by atoms with Crippen LogP contribution in [0.1, 0.15) is 42.4 Å². The van der Waals surface area contributed by atoms with Crippen molar-refractivity contribution in [3.05, 3.63) is 106 Å². The molecule has 4 aliphatic rings. The topological polar surface area (TPSA) is 142 Å². The van der Waals surface area contributed by atoms with Gasteiger partial charge in [-0.25, -0.2) is 4.90 Å². The molecule has 4 heterocycles. The van der Waals surface area contributed by atoms with Gasteiger partial charge in [0, 0.05) is 35.3 Å². The average Bonchev–Trinajstić information content (AvgIpc) is 3.87. The number of hydrogen-bond acceptors (Lipinski definition) is 9. The van der Waals surface area contributed by atoms with Crippen molar-refractivity contribution in [1.29, 1.82) is 0 Å². The predicted molar refractivity (Wildman–Crippen MR) is 216 cm³/mol. The lowest BCUT2D eigenvalue weighted by atomic mass is 9.51. The van der Waals surface area contributed by atoms with Crippen molar-refractivity contribution >= 4 is 62.5 Å². The number of likely N-dealkylation sites (tertiary alicyclic amines) is 1. The predicted octanol–water partition coefficient (Wildman–Crippen LogP) is 6.81. The van der Waals surface area contributed by atoms with E-state index >= 15 is 4.79 Å². The number of fused-ring (bicyclic) bond motifs is 5. The summed E-state index contributed by atoms with van der Waals surface area (Å²) in [7, 11) is 1.73. The molecule has 3 fully saturated rings. The van der Waals surface area contributed by atoms with Crippen LogP contribution in [0.15, 0.2) is 84.4 Å². The molecular weight excluding hydrogens is 764 g/mol. The second kappa shape index (κ2) is 14.0. The first kappa shape index (κ1) is 37.3. The fraction of sp³-hybridized carbons (Fsp3) is 0.341. The highest BCUT2D eigenvalue weighted by atomic mass is 35.5. The summed E-state index contributed by atoms with van der Waals surface area (Å²) in [6.07, 6.45) is 3.08. The van der Waals surface area contributed by atoms with E-state index < -0.39 is 35.0 Å². The highest BCUT2D eigenvalue weighted by molar-refractivity contribution is 7.22. The van der Waals surface area contributed by atoms with Crippen molar-refractivity contribution in [3.63, 3.8) is 0 Å². The monoisotopic (exact) mass is 804 g/mol. The largest absolute Gasteiger partial charge is 0.508 e. The lowest BCUT2D eigenvalue weighted by Crippen LogP contribution is -2.49. The summed E-state index contributed by atoms with van der Waals surface area (Å²) in [5.74, 6) is -3.15. The van der Waals surface area contributed by atoms with Crippen LogP contribution in [0, 0.1) is 36.0 Å². The van der Waals surface area contributed by atoms with Crippen LogP contribution < -0.4 is 9.64 Å². The van der Waals surface area contributed by atoms with Crippen LogP contribution in [0.4, 0.5) is 5.82 Å². The second-order valence-corrected chi connectivity index (χ2v) is 17.2. The number of halogens is 1. The minimum Gasteiger partial charge on any atom is -0.508 e. The number of amides is 4. The van der Waals surface area contributed by atoms with Gasteiger partial charge in [-0.05, 0) is 104 Å². The third-order valence-electron chi connectivity index (χ3n) is 12.7. The van der Waals surface area contributed by atoms with Crippen molar-refractivity contribution in [1.82, 2.24) is 14.7 Å². The van der Waals surface area contributed by atoms with Crippen LogP contribution in [0.5, 0.6) is 11.5 Å². The first-order valence-electron chi connectivity index (χ1n) is 19.2. The average molecular weight is 805 g/mol. The van der Waals surface area contributed by atoms with Gasteiger partial charge >= 0.3 is 0 Å². The molecule has 0 unspecified atom stereocenters. The molecule has 57 heavy (non-hydrogen) atoms. The van der Waals surface area contributed by atoms with Gasteiger partial charge in [-0.1, -0.05) is 47.5 Å². The van der Waals surface area contributed by atoms with Crippen molar-refractivity contribution in [2.45, 2.75) is 39.0 Å². The maximum Gasteiger partial charge on any atom is 0.242 e. The Kier molecular flexibility index (Phi) is 9.13. The number of ether oxygens (including phenoxy) is 1. The molecule has 0 bridgehead atoms. The molecule has 3 aromatic carbocycles. The minimum absolute atomic E-state index is 0.127. The molecule has 2 saturated heterocycles. The second-order valence-electron chi connectivity index (χ2n) is 15.8. The first-order chi connectivity index (χ1) is 27.4. The molecule has 2 aliphatic carbocycles. The Morgan fingerprint density at radius 3 is 2.46 bits per heavy atom. The molecule has 5 aromatic rings. The van der Waals surface area contributed by atoms with E-state index in [9.17, 15) is 24.6 Å². The summed E-state index contributed by atoms with van der Waals surface area (Å²) < 4.78 is 8.29. The van der Waals surface area contributed by atoms with Gasteiger partial charge in [-0.3, -0.25) is 28.8 Å². The summed E-state index contributed by atoms with van der Waals surface area (Å²) in [5.41, 5.74) is 3.00. The van der Waals surface area contributed by atoms with Gasteiger partial charge in [-0.2, -0.15) is 5.10 Å². The number of rotatable bonds is 9. The Morgan fingerprint density at radius 1 is 0.965 bits per heavy atom. The van der Waals surface area contributed by atoms with E-state index in [1.807, 2.05) is 50.3 Å². The van der Waals surface area contributed by atoms with E-state index in [4.69, 9.17) is 21.4 Å². The van der Waals surface area contributed by atoms with E-state index in [0.29, 0.717) is 35.1 Å². The van der Waals surface area contributed by atoms with Crippen LogP contribution in [0.3, 0.4) is 0 Å². The minimum atomic E-state index is -1.22. The Hall–Kier alpha value is -5.30. The summed E-state index contributed by atoms with van der Waals surface area (Å²) in [6.45, 7) is 4.07. The van der Waals surface area contributed by atoms with Crippen LogP contribution in [0.2, 0.25) is 5.02 Å². The summed E-state index contributed by atoms with van der Waals surface area (Å²) in [4.78, 5) is 61.9. The zero-order valence-corrected chi connectivity index (χ0v) is 33.2. The number of aromatic nitrogens is 2. The lowest BCUT2D eigenvalue weighted by Gasteiger charge is -2.49. The summed E-state index contributed by atoms with van der Waals surface area (Å²) in [5, 5.41) is 25.5. The number of imide groups is 2. The normalized spacial score (nSPS) is 25.6. The van der Waals surface area contributed by atoms with Gasteiger partial charge in [-0.15, -0.1) is 11.3 Å². The Bertz CT molecular complexity index is 2510. The van der Waals surface area contributed by atoms with Gasteiger partial charge in [0.1, 0.15) is 29.6 Å². The fourth-order valence-electron chi connectivity index (χ4n) is 9.94. The summed E-state index contributed by atoms with van der Waals surface area (Å²) in [6, 6.07) is 21.6. The number of hydrogen-bond donors (Lipinski definition) is 2. The third-order valence-corrected chi connectivity index (χ3v) is 14.2. The molecule has 292 valence electrons. The highest BCUT2D eigenvalue weighted by Gasteiger charge is 2.68. The molecular formula is C44H41ClN4O7S. The number of aromatic hydroxyl groups is 1. The van der Waals surface area contributed by atoms with Crippen LogP contribution in [-0.2, 0) is 32.6 Å². The molecule has 0 radical (unpaired) electrons. The number of carbonyl (C=O) groups is 4. The van der Waals surface area contributed by atoms with Crippen LogP contribution in [-0.4, -0.2) is 68.3 Å².